The fraction of sp³-hybridized carbons (Fsp3) is 0.562. The Morgan fingerprint density at radius 2 is 1.86 bits per heavy atom. The van der Waals surface area contributed by atoms with Crippen molar-refractivity contribution in [1.29, 1.82) is 0 Å². The van der Waals surface area contributed by atoms with E-state index in [9.17, 15) is 21.6 Å². The maximum absolute atomic E-state index is 13.3. The molecule has 1 amide bonds. The monoisotopic (exact) mass is 433 g/mol. The zero-order valence-electron chi connectivity index (χ0n) is 15.5. The van der Waals surface area contributed by atoms with Gasteiger partial charge in [-0.15, -0.1) is 0 Å². The second kappa shape index (κ2) is 7.59. The van der Waals surface area contributed by atoms with E-state index < -0.39 is 38.0 Å². The summed E-state index contributed by atoms with van der Waals surface area (Å²) in [6, 6.07) is 3.90. The summed E-state index contributed by atoms with van der Waals surface area (Å²) in [7, 11) is -6.17. The predicted molar refractivity (Wildman–Crippen MR) is 98.7 cm³/mol. The van der Waals surface area contributed by atoms with Gasteiger partial charge in [0.05, 0.1) is 18.3 Å². The smallest absolute Gasteiger partial charge is 0.261 e. The Balaban J connectivity index is 2.02. The van der Waals surface area contributed by atoms with Crippen molar-refractivity contribution in [3.8, 4) is 5.75 Å². The van der Waals surface area contributed by atoms with E-state index in [1.165, 1.54) is 41.2 Å². The van der Waals surface area contributed by atoms with Gasteiger partial charge < -0.3 is 4.74 Å². The van der Waals surface area contributed by atoms with Gasteiger partial charge in [0.15, 0.2) is 0 Å². The molecule has 0 aromatic heterocycles. The fourth-order valence-electron chi connectivity index (χ4n) is 3.95. The molecule has 0 unspecified atom stereocenters. The van der Waals surface area contributed by atoms with Crippen molar-refractivity contribution in [3.05, 3.63) is 24.3 Å². The van der Waals surface area contributed by atoms with Crippen LogP contribution in [0.5, 0.6) is 5.75 Å². The largest absolute Gasteiger partial charge is 0.497 e. The lowest BCUT2D eigenvalue weighted by molar-refractivity contribution is -0.132. The summed E-state index contributed by atoms with van der Waals surface area (Å²) in [4.78, 5) is 12.2. The number of methoxy groups -OCH3 is 1. The molecule has 0 saturated carbocycles. The molecular weight excluding hydrogens is 410 g/mol. The minimum atomic E-state index is -4.12. The molecular formula is C16H23N3O7S2. The molecule has 2 aliphatic heterocycles. The highest BCUT2D eigenvalue weighted by atomic mass is 32.2. The summed E-state index contributed by atoms with van der Waals surface area (Å²) in [5, 5.41) is 9.09. The van der Waals surface area contributed by atoms with E-state index in [4.69, 9.17) is 9.94 Å². The number of sulfonamides is 2. The molecule has 1 aromatic carbocycles. The van der Waals surface area contributed by atoms with Crippen LogP contribution >= 0.6 is 0 Å². The quantitative estimate of drug-likeness (QED) is 0.477. The van der Waals surface area contributed by atoms with E-state index in [2.05, 4.69) is 0 Å². The molecule has 3 rings (SSSR count). The molecule has 0 bridgehead atoms. The molecule has 10 nitrogen and oxygen atoms in total. The highest BCUT2D eigenvalue weighted by molar-refractivity contribution is 7.89. The Labute approximate surface area is 164 Å². The van der Waals surface area contributed by atoms with Crippen LogP contribution in [0.4, 0.5) is 0 Å². The maximum atomic E-state index is 13.3. The molecule has 0 aliphatic carbocycles. The van der Waals surface area contributed by atoms with E-state index in [1.54, 1.807) is 0 Å². The number of carbonyl (C=O) groups is 1. The predicted octanol–water partition coefficient (Wildman–Crippen LogP) is -0.386. The Kier molecular flexibility index (Phi) is 5.69. The van der Waals surface area contributed by atoms with Gasteiger partial charge in [0.1, 0.15) is 11.8 Å². The van der Waals surface area contributed by atoms with Crippen LogP contribution in [0.3, 0.4) is 0 Å². The molecule has 28 heavy (non-hydrogen) atoms. The lowest BCUT2D eigenvalue weighted by atomic mass is 9.92. The first kappa shape index (κ1) is 21.0. The number of amides is 1. The Morgan fingerprint density at radius 3 is 2.39 bits per heavy atom. The van der Waals surface area contributed by atoms with Gasteiger partial charge in [-0.05, 0) is 43.0 Å². The molecule has 2 aliphatic rings. The summed E-state index contributed by atoms with van der Waals surface area (Å²) >= 11 is 0. The van der Waals surface area contributed by atoms with Crippen LogP contribution in [0.2, 0.25) is 0 Å². The lowest BCUT2D eigenvalue weighted by Gasteiger charge is -2.37. The summed E-state index contributed by atoms with van der Waals surface area (Å²) in [5.74, 6) is -0.547. The van der Waals surface area contributed by atoms with Gasteiger partial charge in [0.2, 0.25) is 20.0 Å². The summed E-state index contributed by atoms with van der Waals surface area (Å²) in [6.45, 7) is 0.234. The minimum Gasteiger partial charge on any atom is -0.497 e. The number of fused-ring (bicyclic) bond motifs is 1. The average molecular weight is 434 g/mol. The molecule has 3 atom stereocenters. The van der Waals surface area contributed by atoms with Crippen molar-refractivity contribution in [2.24, 2.45) is 5.92 Å². The average Bonchev–Trinajstić information content (AvgIpc) is 3.06. The normalized spacial score (nSPS) is 26.6. The topological polar surface area (TPSA) is 133 Å². The van der Waals surface area contributed by atoms with Gasteiger partial charge in [0.25, 0.3) is 5.91 Å². The van der Waals surface area contributed by atoms with Crippen LogP contribution in [-0.2, 0) is 24.8 Å². The molecule has 2 fully saturated rings. The first-order valence-corrected chi connectivity index (χ1v) is 11.9. The molecule has 2 saturated heterocycles. The number of ether oxygens (including phenoxy) is 1. The molecule has 0 radical (unpaired) electrons. The van der Waals surface area contributed by atoms with Gasteiger partial charge in [-0.2, -0.15) is 4.31 Å². The lowest BCUT2D eigenvalue weighted by Crippen LogP contribution is -2.54. The molecule has 2 N–H and O–H groups in total. The van der Waals surface area contributed by atoms with Crippen LogP contribution in [0.25, 0.3) is 0 Å². The first-order chi connectivity index (χ1) is 13.1. The minimum absolute atomic E-state index is 0.0336. The number of rotatable bonds is 5. The summed E-state index contributed by atoms with van der Waals surface area (Å²) in [6.07, 6.45) is 1.72. The van der Waals surface area contributed by atoms with Crippen LogP contribution in [-0.4, -0.2) is 75.1 Å². The number of nitrogens with one attached hydrogen (secondary N) is 1. The fourth-order valence-corrected chi connectivity index (χ4v) is 6.65. The van der Waals surface area contributed by atoms with Crippen molar-refractivity contribution in [2.45, 2.75) is 29.8 Å². The second-order valence-corrected chi connectivity index (χ2v) is 10.8. The SMILES string of the molecule is COc1ccc(S(=O)(=O)N2[C@H](C(=O)NO)C[C@@H]3CCN(S(C)(=O)=O)C[C@@H]32)cc1. The van der Waals surface area contributed by atoms with Gasteiger partial charge in [-0.1, -0.05) is 0 Å². The maximum Gasteiger partial charge on any atom is 0.261 e. The van der Waals surface area contributed by atoms with Gasteiger partial charge >= 0.3 is 0 Å². The van der Waals surface area contributed by atoms with E-state index in [0.29, 0.717) is 12.2 Å². The molecule has 156 valence electrons. The Bertz CT molecular complexity index is 947. The number of hydrogen-bond donors (Lipinski definition) is 2. The van der Waals surface area contributed by atoms with E-state index in [-0.39, 0.29) is 30.3 Å². The highest BCUT2D eigenvalue weighted by Crippen LogP contribution is 2.40. The molecule has 0 spiro atoms. The first-order valence-electron chi connectivity index (χ1n) is 8.66. The third kappa shape index (κ3) is 3.74. The Morgan fingerprint density at radius 1 is 1.21 bits per heavy atom. The van der Waals surface area contributed by atoms with Crippen molar-refractivity contribution in [2.75, 3.05) is 26.5 Å². The molecule has 1 aromatic rings. The zero-order chi connectivity index (χ0) is 20.7. The van der Waals surface area contributed by atoms with Crippen LogP contribution in [0.15, 0.2) is 29.2 Å². The van der Waals surface area contributed by atoms with Crippen LogP contribution in [0, 0.1) is 5.92 Å². The highest BCUT2D eigenvalue weighted by Gasteiger charge is 2.53. The number of carbonyl (C=O) groups excluding carboxylic acids is 1. The van der Waals surface area contributed by atoms with Gasteiger partial charge in [-0.25, -0.2) is 26.6 Å². The third-order valence-electron chi connectivity index (χ3n) is 5.36. The van der Waals surface area contributed by atoms with Crippen molar-refractivity contribution in [1.82, 2.24) is 14.1 Å². The summed E-state index contributed by atoms with van der Waals surface area (Å²) < 4.78 is 57.9. The van der Waals surface area contributed by atoms with Gasteiger partial charge in [0, 0.05) is 19.1 Å². The van der Waals surface area contributed by atoms with Gasteiger partial charge in [-0.3, -0.25) is 10.0 Å². The van der Waals surface area contributed by atoms with Crippen molar-refractivity contribution in [3.63, 3.8) is 0 Å². The van der Waals surface area contributed by atoms with Crippen molar-refractivity contribution < 1.29 is 31.6 Å². The number of benzene rings is 1. The molecule has 12 heteroatoms. The number of hydroxylamine groups is 1. The van der Waals surface area contributed by atoms with Crippen LogP contribution < -0.4 is 10.2 Å². The van der Waals surface area contributed by atoms with E-state index in [0.717, 1.165) is 10.6 Å². The Hall–Kier alpha value is -1.73. The second-order valence-electron chi connectivity index (χ2n) is 6.98. The van der Waals surface area contributed by atoms with Crippen molar-refractivity contribution >= 4 is 26.0 Å². The van der Waals surface area contributed by atoms with Crippen LogP contribution in [0.1, 0.15) is 12.8 Å². The zero-order valence-corrected chi connectivity index (χ0v) is 17.1. The summed E-state index contributed by atoms with van der Waals surface area (Å²) in [5.41, 5.74) is 1.53. The van der Waals surface area contributed by atoms with E-state index >= 15 is 0 Å². The number of piperidine rings is 1. The molecule has 2 heterocycles. The van der Waals surface area contributed by atoms with E-state index in [1.807, 2.05) is 0 Å². The number of hydrogen-bond acceptors (Lipinski definition) is 7. The third-order valence-corrected chi connectivity index (χ3v) is 8.58. The number of nitrogens with zero attached hydrogens (tertiary/aromatic N) is 2. The standard InChI is InChI=1S/C16H23N3O7S2/c1-26-12-3-5-13(6-4-12)28(24,25)19-14(16(20)17-21)9-11-7-8-18(10-15(11)19)27(2,22)23/h3-6,11,14-15,21H,7-10H2,1-2H3,(H,17,20)/t11-,14-,15-/m0/s1.